The Morgan fingerprint density at radius 1 is 1.00 bits per heavy atom. The summed E-state index contributed by atoms with van der Waals surface area (Å²) in [5.41, 5.74) is 1.51. The van der Waals surface area contributed by atoms with Crippen molar-refractivity contribution in [1.29, 1.82) is 0 Å². The number of carbonyl (C=O) groups is 1. The van der Waals surface area contributed by atoms with Gasteiger partial charge in [0.05, 0.1) is 23.2 Å². The average molecular weight is 529 g/mol. The van der Waals surface area contributed by atoms with Gasteiger partial charge in [-0.15, -0.1) is 0 Å². The summed E-state index contributed by atoms with van der Waals surface area (Å²) in [7, 11) is 0. The molecule has 2 atom stereocenters. The zero-order valence-electron chi connectivity index (χ0n) is 19.8. The van der Waals surface area contributed by atoms with Crippen LogP contribution < -0.4 is 4.74 Å². The molecule has 0 amide bonds. The Morgan fingerprint density at radius 2 is 1.73 bits per heavy atom. The number of carboxylic acid groups (broad SMARTS) is 1. The molecule has 1 N–H and O–H groups in total. The molecule has 9 heteroatoms. The number of carboxylic acids is 1. The van der Waals surface area contributed by atoms with Crippen LogP contribution in [0, 0.1) is 23.4 Å². The van der Waals surface area contributed by atoms with E-state index in [1.54, 1.807) is 12.1 Å². The van der Waals surface area contributed by atoms with Crippen molar-refractivity contribution >= 4 is 28.6 Å². The van der Waals surface area contributed by atoms with E-state index in [9.17, 15) is 18.0 Å². The molecule has 4 aromatic rings. The van der Waals surface area contributed by atoms with E-state index in [4.69, 9.17) is 21.4 Å². The molecule has 3 aromatic carbocycles. The van der Waals surface area contributed by atoms with E-state index in [1.807, 2.05) is 16.7 Å². The maximum absolute atomic E-state index is 14.3. The van der Waals surface area contributed by atoms with Crippen molar-refractivity contribution in [1.82, 2.24) is 9.55 Å². The molecule has 0 bridgehead atoms. The first-order valence-electron chi connectivity index (χ1n) is 12.1. The van der Waals surface area contributed by atoms with Crippen LogP contribution in [0.4, 0.5) is 13.2 Å². The molecular weight excluding hydrogens is 505 g/mol. The Kier molecular flexibility index (Phi) is 7.11. The van der Waals surface area contributed by atoms with E-state index in [0.29, 0.717) is 28.3 Å². The molecule has 1 aromatic heterocycles. The van der Waals surface area contributed by atoms with Crippen LogP contribution in [0.2, 0.25) is 5.02 Å². The minimum absolute atomic E-state index is 0.00941. The third kappa shape index (κ3) is 5.16. The van der Waals surface area contributed by atoms with Gasteiger partial charge in [0.25, 0.3) is 0 Å². The second kappa shape index (κ2) is 10.5. The first-order chi connectivity index (χ1) is 17.8. The van der Waals surface area contributed by atoms with Gasteiger partial charge in [-0.05, 0) is 67.6 Å². The van der Waals surface area contributed by atoms with Crippen molar-refractivity contribution in [2.75, 3.05) is 6.61 Å². The highest BCUT2D eigenvalue weighted by Crippen LogP contribution is 2.41. The van der Waals surface area contributed by atoms with E-state index in [-0.39, 0.29) is 29.9 Å². The lowest BCUT2D eigenvalue weighted by Crippen LogP contribution is -2.25. The number of halogens is 4. The largest absolute Gasteiger partial charge is 0.491 e. The van der Waals surface area contributed by atoms with Crippen LogP contribution in [0.25, 0.3) is 22.4 Å². The molecule has 5 nitrogen and oxygen atoms in total. The van der Waals surface area contributed by atoms with Gasteiger partial charge >= 0.3 is 5.97 Å². The van der Waals surface area contributed by atoms with Crippen LogP contribution in [0.1, 0.15) is 48.5 Å². The Morgan fingerprint density at radius 3 is 2.46 bits per heavy atom. The number of hydrogen-bond acceptors (Lipinski definition) is 3. The smallest absolute Gasteiger partial charge is 0.335 e. The number of hydrogen-bond donors (Lipinski definition) is 1. The van der Waals surface area contributed by atoms with Gasteiger partial charge in [-0.2, -0.15) is 0 Å². The summed E-state index contributed by atoms with van der Waals surface area (Å²) in [6.45, 7) is 0.219. The molecule has 1 aliphatic carbocycles. The molecular formula is C28H24ClF3N2O3. The molecule has 1 aliphatic rings. The molecule has 2 unspecified atom stereocenters. The van der Waals surface area contributed by atoms with Gasteiger partial charge in [0.2, 0.25) is 0 Å². The molecule has 1 heterocycles. The van der Waals surface area contributed by atoms with Crippen molar-refractivity contribution in [3.8, 4) is 17.1 Å². The van der Waals surface area contributed by atoms with Gasteiger partial charge in [0.15, 0.2) is 23.2 Å². The summed E-state index contributed by atoms with van der Waals surface area (Å²) >= 11 is 6.08. The Hall–Kier alpha value is -3.52. The number of ether oxygens (including phenoxy) is 1. The summed E-state index contributed by atoms with van der Waals surface area (Å²) in [5.74, 6) is -3.13. The van der Waals surface area contributed by atoms with Crippen LogP contribution >= 0.6 is 11.6 Å². The van der Waals surface area contributed by atoms with Crippen LogP contribution in [0.5, 0.6) is 5.75 Å². The molecule has 192 valence electrons. The third-order valence-corrected chi connectivity index (χ3v) is 7.21. The highest BCUT2D eigenvalue weighted by molar-refractivity contribution is 6.30. The van der Waals surface area contributed by atoms with Gasteiger partial charge < -0.3 is 14.4 Å². The van der Waals surface area contributed by atoms with E-state index in [1.165, 1.54) is 18.2 Å². The molecule has 0 radical (unpaired) electrons. The monoisotopic (exact) mass is 528 g/mol. The van der Waals surface area contributed by atoms with E-state index >= 15 is 0 Å². The van der Waals surface area contributed by atoms with E-state index < -0.39 is 23.4 Å². The lowest BCUT2D eigenvalue weighted by molar-refractivity contribution is 0.0696. The fourth-order valence-corrected chi connectivity index (χ4v) is 5.29. The molecule has 1 saturated carbocycles. The Labute approximate surface area is 216 Å². The SMILES string of the molecule is O=C(O)c1ccc(OCCC2CCCCC2n2c(-c3ccc(Cl)cc3)nc3cc(F)c(F)cc32)c(F)c1. The van der Waals surface area contributed by atoms with Crippen LogP contribution in [-0.2, 0) is 0 Å². The fraction of sp³-hybridized carbons (Fsp3) is 0.286. The minimum Gasteiger partial charge on any atom is -0.491 e. The quantitative estimate of drug-likeness (QED) is 0.267. The summed E-state index contributed by atoms with van der Waals surface area (Å²) in [4.78, 5) is 15.7. The average Bonchev–Trinajstić information content (AvgIpc) is 3.23. The number of fused-ring (bicyclic) bond motifs is 1. The second-order valence-electron chi connectivity index (χ2n) is 9.27. The second-order valence-corrected chi connectivity index (χ2v) is 9.70. The zero-order valence-corrected chi connectivity index (χ0v) is 20.5. The van der Waals surface area contributed by atoms with Gasteiger partial charge in [-0.25, -0.2) is 22.9 Å². The van der Waals surface area contributed by atoms with E-state index in [0.717, 1.165) is 43.4 Å². The number of benzene rings is 3. The van der Waals surface area contributed by atoms with Crippen molar-refractivity contribution in [2.24, 2.45) is 5.92 Å². The summed E-state index contributed by atoms with van der Waals surface area (Å²) in [5, 5.41) is 9.60. The van der Waals surface area contributed by atoms with Gasteiger partial charge in [-0.1, -0.05) is 24.4 Å². The predicted octanol–water partition coefficient (Wildman–Crippen LogP) is 7.67. The van der Waals surface area contributed by atoms with Crippen molar-refractivity contribution < 1.29 is 27.8 Å². The Bertz CT molecular complexity index is 1460. The number of rotatable bonds is 7. The lowest BCUT2D eigenvalue weighted by Gasteiger charge is -2.34. The summed E-state index contributed by atoms with van der Waals surface area (Å²) in [6.07, 6.45) is 4.27. The van der Waals surface area contributed by atoms with Crippen molar-refractivity contribution in [3.05, 3.63) is 82.6 Å². The lowest BCUT2D eigenvalue weighted by atomic mass is 9.82. The maximum Gasteiger partial charge on any atom is 0.335 e. The van der Waals surface area contributed by atoms with Gasteiger partial charge in [0, 0.05) is 28.8 Å². The van der Waals surface area contributed by atoms with E-state index in [2.05, 4.69) is 4.98 Å². The number of nitrogens with zero attached hydrogens (tertiary/aromatic N) is 2. The number of aromatic nitrogens is 2. The standard InChI is InChI=1S/C28H24ClF3N2O3/c29-19-8-5-17(6-9-19)27-33-23-14-20(30)21(31)15-25(23)34(27)24-4-2-1-3-16(24)11-12-37-26-10-7-18(28(35)36)13-22(26)32/h5-10,13-16,24H,1-4,11-12H2,(H,35,36). The summed E-state index contributed by atoms with van der Waals surface area (Å²) in [6, 6.07) is 13.0. The van der Waals surface area contributed by atoms with Crippen LogP contribution in [-0.4, -0.2) is 27.2 Å². The predicted molar refractivity (Wildman–Crippen MR) is 135 cm³/mol. The topological polar surface area (TPSA) is 64.3 Å². The Balaban J connectivity index is 1.45. The van der Waals surface area contributed by atoms with Crippen LogP contribution in [0.3, 0.4) is 0 Å². The van der Waals surface area contributed by atoms with Gasteiger partial charge in [0.1, 0.15) is 5.82 Å². The molecule has 5 rings (SSSR count). The van der Waals surface area contributed by atoms with Gasteiger partial charge in [-0.3, -0.25) is 0 Å². The maximum atomic E-state index is 14.3. The molecule has 1 fully saturated rings. The van der Waals surface area contributed by atoms with Crippen molar-refractivity contribution in [2.45, 2.75) is 38.1 Å². The zero-order chi connectivity index (χ0) is 26.1. The number of aromatic carboxylic acids is 1. The van der Waals surface area contributed by atoms with Crippen LogP contribution in [0.15, 0.2) is 54.6 Å². The first-order valence-corrected chi connectivity index (χ1v) is 12.5. The minimum atomic E-state index is -1.21. The highest BCUT2D eigenvalue weighted by atomic mass is 35.5. The highest BCUT2D eigenvalue weighted by Gasteiger charge is 2.31. The molecule has 0 aliphatic heterocycles. The first kappa shape index (κ1) is 25.1. The summed E-state index contributed by atoms with van der Waals surface area (Å²) < 4.78 is 50.4. The van der Waals surface area contributed by atoms with Crippen molar-refractivity contribution in [3.63, 3.8) is 0 Å². The molecule has 0 saturated heterocycles. The molecule has 0 spiro atoms. The fourth-order valence-electron chi connectivity index (χ4n) is 5.16. The molecule has 37 heavy (non-hydrogen) atoms. The normalized spacial score (nSPS) is 17.7. The number of imidazole rings is 1. The third-order valence-electron chi connectivity index (χ3n) is 6.96.